The molecular formula is C16H24N4O. The fourth-order valence-electron chi connectivity index (χ4n) is 2.77. The van der Waals surface area contributed by atoms with Gasteiger partial charge in [-0.05, 0) is 31.6 Å². The molecule has 3 rings (SSSR count). The van der Waals surface area contributed by atoms with Crippen LogP contribution >= 0.6 is 0 Å². The molecule has 0 bridgehead atoms. The van der Waals surface area contributed by atoms with Gasteiger partial charge in [0, 0.05) is 26.2 Å². The summed E-state index contributed by atoms with van der Waals surface area (Å²) in [5.74, 6) is 0. The number of rotatable bonds is 7. The molecule has 1 fully saturated rings. The molecule has 0 spiro atoms. The smallest absolute Gasteiger partial charge is 0.0958 e. The van der Waals surface area contributed by atoms with Crippen molar-refractivity contribution in [1.29, 1.82) is 0 Å². The minimum Gasteiger partial charge on any atom is -0.379 e. The Bertz CT molecular complexity index is 548. The minimum atomic E-state index is 0.890. The van der Waals surface area contributed by atoms with Gasteiger partial charge in [-0.15, -0.1) is 0 Å². The maximum absolute atomic E-state index is 5.36. The van der Waals surface area contributed by atoms with E-state index in [2.05, 4.69) is 38.0 Å². The molecule has 0 radical (unpaired) electrons. The SMILES string of the molecule is c1ccc2c(c1)ncn2CCNCCCN1CCOCC1. The third-order valence-corrected chi connectivity index (χ3v) is 3.99. The molecule has 0 unspecified atom stereocenters. The van der Waals surface area contributed by atoms with E-state index in [4.69, 9.17) is 4.74 Å². The van der Waals surface area contributed by atoms with E-state index < -0.39 is 0 Å². The number of ether oxygens (including phenoxy) is 1. The zero-order valence-corrected chi connectivity index (χ0v) is 12.5. The third-order valence-electron chi connectivity index (χ3n) is 3.99. The number of hydrogen-bond acceptors (Lipinski definition) is 4. The molecule has 0 amide bonds. The highest BCUT2D eigenvalue weighted by atomic mass is 16.5. The number of aromatic nitrogens is 2. The normalized spacial score (nSPS) is 16.6. The lowest BCUT2D eigenvalue weighted by Gasteiger charge is -2.26. The highest BCUT2D eigenvalue weighted by molar-refractivity contribution is 5.74. The second-order valence-electron chi connectivity index (χ2n) is 5.48. The van der Waals surface area contributed by atoms with Gasteiger partial charge in [0.2, 0.25) is 0 Å². The Morgan fingerprint density at radius 2 is 1.95 bits per heavy atom. The van der Waals surface area contributed by atoms with E-state index in [0.717, 1.165) is 51.5 Å². The van der Waals surface area contributed by atoms with Crippen molar-refractivity contribution in [3.05, 3.63) is 30.6 Å². The average molecular weight is 288 g/mol. The Morgan fingerprint density at radius 3 is 2.86 bits per heavy atom. The number of nitrogens with zero attached hydrogens (tertiary/aromatic N) is 3. The zero-order valence-electron chi connectivity index (χ0n) is 12.5. The van der Waals surface area contributed by atoms with Gasteiger partial charge in [-0.25, -0.2) is 4.98 Å². The molecule has 0 saturated carbocycles. The molecule has 1 aromatic carbocycles. The van der Waals surface area contributed by atoms with Gasteiger partial charge in [0.15, 0.2) is 0 Å². The molecule has 1 N–H and O–H groups in total. The first-order chi connectivity index (χ1) is 10.4. The van der Waals surface area contributed by atoms with Crippen LogP contribution in [0.3, 0.4) is 0 Å². The van der Waals surface area contributed by atoms with Crippen molar-refractivity contribution < 1.29 is 4.74 Å². The standard InChI is InChI=1S/C16H24N4O/c1-2-5-16-15(4-1)18-14-20(16)9-7-17-6-3-8-19-10-12-21-13-11-19/h1-2,4-5,14,17H,3,6-13H2. The van der Waals surface area contributed by atoms with Crippen LogP contribution in [0.25, 0.3) is 11.0 Å². The van der Waals surface area contributed by atoms with Gasteiger partial charge < -0.3 is 14.6 Å². The van der Waals surface area contributed by atoms with Crippen molar-refractivity contribution in [3.63, 3.8) is 0 Å². The first-order valence-corrected chi connectivity index (χ1v) is 7.84. The van der Waals surface area contributed by atoms with E-state index in [9.17, 15) is 0 Å². The minimum absolute atomic E-state index is 0.890. The summed E-state index contributed by atoms with van der Waals surface area (Å²) in [5.41, 5.74) is 2.29. The third kappa shape index (κ3) is 4.03. The van der Waals surface area contributed by atoms with Crippen LogP contribution in [0.2, 0.25) is 0 Å². The molecule has 1 aliphatic rings. The number of nitrogens with one attached hydrogen (secondary N) is 1. The predicted molar refractivity (Wildman–Crippen MR) is 84.5 cm³/mol. The summed E-state index contributed by atoms with van der Waals surface area (Å²) < 4.78 is 7.57. The number of hydrogen-bond donors (Lipinski definition) is 1. The summed E-state index contributed by atoms with van der Waals surface area (Å²) in [6.45, 7) is 8.15. The van der Waals surface area contributed by atoms with Crippen LogP contribution in [-0.2, 0) is 11.3 Å². The van der Waals surface area contributed by atoms with Crippen LogP contribution in [-0.4, -0.2) is 60.4 Å². The number of imidazole rings is 1. The van der Waals surface area contributed by atoms with E-state index in [1.54, 1.807) is 0 Å². The van der Waals surface area contributed by atoms with E-state index >= 15 is 0 Å². The van der Waals surface area contributed by atoms with Gasteiger partial charge in [0.05, 0.1) is 30.6 Å². The Labute approximate surface area is 125 Å². The van der Waals surface area contributed by atoms with E-state index in [-0.39, 0.29) is 0 Å². The average Bonchev–Trinajstić information content (AvgIpc) is 2.95. The molecule has 5 nitrogen and oxygen atoms in total. The van der Waals surface area contributed by atoms with Crippen LogP contribution < -0.4 is 5.32 Å². The van der Waals surface area contributed by atoms with Crippen molar-refractivity contribution in [1.82, 2.24) is 19.8 Å². The van der Waals surface area contributed by atoms with Crippen molar-refractivity contribution in [3.8, 4) is 0 Å². The fraction of sp³-hybridized carbons (Fsp3) is 0.562. The number of fused-ring (bicyclic) bond motifs is 1. The Morgan fingerprint density at radius 1 is 1.10 bits per heavy atom. The summed E-state index contributed by atoms with van der Waals surface area (Å²) in [4.78, 5) is 6.89. The molecule has 21 heavy (non-hydrogen) atoms. The first kappa shape index (κ1) is 14.5. The lowest BCUT2D eigenvalue weighted by Crippen LogP contribution is -2.37. The van der Waals surface area contributed by atoms with Crippen molar-refractivity contribution in [2.45, 2.75) is 13.0 Å². The van der Waals surface area contributed by atoms with Gasteiger partial charge in [0.1, 0.15) is 0 Å². The lowest BCUT2D eigenvalue weighted by molar-refractivity contribution is 0.0374. The molecule has 114 valence electrons. The van der Waals surface area contributed by atoms with Gasteiger partial charge in [-0.3, -0.25) is 4.90 Å². The van der Waals surface area contributed by atoms with E-state index in [1.807, 2.05) is 12.4 Å². The zero-order chi connectivity index (χ0) is 14.3. The number of para-hydroxylation sites is 2. The summed E-state index contributed by atoms with van der Waals surface area (Å²) in [7, 11) is 0. The van der Waals surface area contributed by atoms with Gasteiger partial charge in [0.25, 0.3) is 0 Å². The monoisotopic (exact) mass is 288 g/mol. The molecule has 1 aromatic heterocycles. The van der Waals surface area contributed by atoms with Crippen molar-refractivity contribution in [2.24, 2.45) is 0 Å². The summed E-state index contributed by atoms with van der Waals surface area (Å²) >= 11 is 0. The topological polar surface area (TPSA) is 42.3 Å². The fourth-order valence-corrected chi connectivity index (χ4v) is 2.77. The molecule has 5 heteroatoms. The molecule has 1 aliphatic heterocycles. The maximum atomic E-state index is 5.36. The van der Waals surface area contributed by atoms with Gasteiger partial charge in [-0.2, -0.15) is 0 Å². The molecule has 2 heterocycles. The van der Waals surface area contributed by atoms with Crippen molar-refractivity contribution >= 4 is 11.0 Å². The van der Waals surface area contributed by atoms with Crippen LogP contribution in [0.5, 0.6) is 0 Å². The van der Waals surface area contributed by atoms with Crippen LogP contribution in [0, 0.1) is 0 Å². The van der Waals surface area contributed by atoms with Crippen LogP contribution in [0.1, 0.15) is 6.42 Å². The largest absolute Gasteiger partial charge is 0.379 e. The second kappa shape index (κ2) is 7.54. The molecule has 2 aromatic rings. The molecule has 1 saturated heterocycles. The van der Waals surface area contributed by atoms with E-state index in [0.29, 0.717) is 0 Å². The highest BCUT2D eigenvalue weighted by Gasteiger charge is 2.08. The molecule has 0 aliphatic carbocycles. The van der Waals surface area contributed by atoms with E-state index in [1.165, 1.54) is 18.5 Å². The maximum Gasteiger partial charge on any atom is 0.0958 e. The second-order valence-corrected chi connectivity index (χ2v) is 5.48. The van der Waals surface area contributed by atoms with Gasteiger partial charge >= 0.3 is 0 Å². The van der Waals surface area contributed by atoms with Crippen molar-refractivity contribution in [2.75, 3.05) is 45.9 Å². The molecular weight excluding hydrogens is 264 g/mol. The van der Waals surface area contributed by atoms with Crippen LogP contribution in [0.15, 0.2) is 30.6 Å². The predicted octanol–water partition coefficient (Wildman–Crippen LogP) is 1.35. The summed E-state index contributed by atoms with van der Waals surface area (Å²) in [6, 6.07) is 8.28. The lowest BCUT2D eigenvalue weighted by atomic mass is 10.3. The Hall–Kier alpha value is -1.43. The quantitative estimate of drug-likeness (QED) is 0.781. The Kier molecular flexibility index (Phi) is 5.21. The summed E-state index contributed by atoms with van der Waals surface area (Å²) in [6.07, 6.45) is 3.13. The van der Waals surface area contributed by atoms with Crippen LogP contribution in [0.4, 0.5) is 0 Å². The van der Waals surface area contributed by atoms with Gasteiger partial charge in [-0.1, -0.05) is 12.1 Å². The molecule has 0 atom stereocenters. The summed E-state index contributed by atoms with van der Waals surface area (Å²) in [5, 5.41) is 3.52. The number of benzene rings is 1. The highest BCUT2D eigenvalue weighted by Crippen LogP contribution is 2.10. The Balaban J connectivity index is 1.33. The number of morpholine rings is 1. The first-order valence-electron chi connectivity index (χ1n) is 7.84.